The van der Waals surface area contributed by atoms with E-state index in [4.69, 9.17) is 0 Å². The minimum Gasteiger partial charge on any atom is -0.790 e. The molecule has 0 aromatic rings. The van der Waals surface area contributed by atoms with Crippen LogP contribution in [0.15, 0.2) is 0 Å². The van der Waals surface area contributed by atoms with Crippen LogP contribution < -0.4 is 48.9 Å². The van der Waals surface area contributed by atoms with Crippen LogP contribution in [0.5, 0.6) is 0 Å². The molecule has 0 N–H and O–H groups in total. The van der Waals surface area contributed by atoms with E-state index in [1.165, 1.54) is 0 Å². The van der Waals surface area contributed by atoms with Crippen LogP contribution in [-0.2, 0) is 142 Å². The molecule has 31 heavy (non-hydrogen) atoms. The topological polar surface area (TPSA) is 370 Å². The minimum absolute atomic E-state index is 0. The molecule has 0 aromatic heterocycles. The van der Waals surface area contributed by atoms with Crippen LogP contribution in [0.25, 0.3) is 0 Å². The zero-order valence-corrected chi connectivity index (χ0v) is 34.6. The summed E-state index contributed by atoms with van der Waals surface area (Å²) < 4.78 is 69.4. The number of hydrogen-bond acceptors (Lipinski definition) is 20. The van der Waals surface area contributed by atoms with Crippen molar-refractivity contribution in [3.05, 3.63) is 0 Å². The molecule has 0 aliphatic heterocycles. The molecule has 0 saturated heterocycles. The summed E-state index contributed by atoms with van der Waals surface area (Å²) >= 11 is 0. The van der Waals surface area contributed by atoms with Gasteiger partial charge in [0, 0.05) is 0 Å². The Hall–Kier alpha value is 3.94. The molecule has 0 radical (unpaired) electrons. The SMILES string of the molecule is O=P([O-])([O-])OP(=O)([O-])OP(=O)([O-])[O-].O=P([O-])([O-])OP(=O)([O-])OP(=O)([O-])[O-].[Zn+2].[Zn+2].[Zn+2].[Zn+2].[Zn+2]. The number of phosphoric acid groups is 6. The van der Waals surface area contributed by atoms with E-state index in [0.717, 1.165) is 0 Å². The second-order valence-electron chi connectivity index (χ2n) is 3.01. The van der Waals surface area contributed by atoms with E-state index in [1.807, 2.05) is 0 Å². The monoisotopic (exact) mass is 825 g/mol. The van der Waals surface area contributed by atoms with Gasteiger partial charge in [0.15, 0.2) is 0 Å². The first-order valence-electron chi connectivity index (χ1n) is 4.38. The average molecular weight is 833 g/mol. The molecule has 0 aliphatic carbocycles. The maximum absolute atomic E-state index is 10.1. The fourth-order valence-electron chi connectivity index (χ4n) is 0.520. The Labute approximate surface area is 235 Å². The van der Waals surface area contributed by atoms with Gasteiger partial charge in [0.1, 0.15) is 0 Å². The van der Waals surface area contributed by atoms with Crippen LogP contribution in [0.1, 0.15) is 0 Å². The van der Waals surface area contributed by atoms with Crippen LogP contribution in [0.4, 0.5) is 0 Å². The minimum atomic E-state index is -5.97. The third-order valence-corrected chi connectivity index (χ3v) is 7.20. The second-order valence-corrected chi connectivity index (χ2v) is 11.0. The number of hydrogen-bond donors (Lipinski definition) is 0. The molecule has 0 spiro atoms. The standard InChI is InChI=1S/2H5O10P3.5Zn/c2*1-11(2,3)9-13(7,8)10-12(4,5)6;;;;;/h2*(H,7,8)(H2,1,2,3)(H2,4,5,6);;;;;/q;;5*+2/p-10. The fraction of sp³-hybridized carbons (Fsp3) is 0. The van der Waals surface area contributed by atoms with Gasteiger partial charge in [-0.15, -0.1) is 0 Å². The molecule has 0 fully saturated rings. The molecule has 0 saturated carbocycles. The first-order valence-corrected chi connectivity index (χ1v) is 13.1. The molecule has 0 rings (SSSR count). The third-order valence-electron chi connectivity index (χ3n) is 0.800. The largest absolute Gasteiger partial charge is 2.00 e. The van der Waals surface area contributed by atoms with Gasteiger partial charge in [0.2, 0.25) is 0 Å². The van der Waals surface area contributed by atoms with Gasteiger partial charge in [0.25, 0.3) is 15.6 Å². The summed E-state index contributed by atoms with van der Waals surface area (Å²) in [4.78, 5) is 97.3. The molecule has 0 heterocycles. The van der Waals surface area contributed by atoms with Crippen molar-refractivity contribution in [3.8, 4) is 0 Å². The van der Waals surface area contributed by atoms with Crippen LogP contribution in [0, 0.1) is 0 Å². The molecule has 20 nitrogen and oxygen atoms in total. The summed E-state index contributed by atoms with van der Waals surface area (Å²) in [5, 5.41) is 0. The Morgan fingerprint density at radius 3 is 0.484 bits per heavy atom. The Morgan fingerprint density at radius 1 is 0.323 bits per heavy atom. The molecular weight excluding hydrogens is 833 g/mol. The zero-order chi connectivity index (χ0) is 21.8. The van der Waals surface area contributed by atoms with Crippen molar-refractivity contribution in [1.29, 1.82) is 0 Å². The van der Waals surface area contributed by atoms with Crippen molar-refractivity contribution in [2.45, 2.75) is 0 Å². The van der Waals surface area contributed by atoms with Crippen molar-refractivity contribution < 1.29 is 191 Å². The molecule has 0 bridgehead atoms. The molecule has 0 aliphatic rings. The maximum atomic E-state index is 10.1. The Bertz CT molecular complexity index is 628. The smallest absolute Gasteiger partial charge is 0.790 e. The van der Waals surface area contributed by atoms with Crippen LogP contribution in [0.2, 0.25) is 0 Å². The predicted molar refractivity (Wildman–Crippen MR) is 50.0 cm³/mol. The van der Waals surface area contributed by atoms with Crippen molar-refractivity contribution in [2.24, 2.45) is 0 Å². The van der Waals surface area contributed by atoms with E-state index < -0.39 is 46.9 Å². The van der Waals surface area contributed by atoms with Crippen LogP contribution in [0.3, 0.4) is 0 Å². The second kappa shape index (κ2) is 19.1. The van der Waals surface area contributed by atoms with Crippen LogP contribution >= 0.6 is 46.9 Å². The molecule has 0 aromatic carbocycles. The van der Waals surface area contributed by atoms with Gasteiger partial charge in [0.05, 0.1) is 31.3 Å². The summed E-state index contributed by atoms with van der Waals surface area (Å²) in [5.74, 6) is 0. The van der Waals surface area contributed by atoms with Crippen molar-refractivity contribution in [3.63, 3.8) is 0 Å². The Morgan fingerprint density at radius 2 is 0.419 bits per heavy atom. The van der Waals surface area contributed by atoms with E-state index in [9.17, 15) is 76.3 Å². The van der Waals surface area contributed by atoms with E-state index in [0.29, 0.717) is 0 Å². The molecule has 160 valence electrons. The quantitative estimate of drug-likeness (QED) is 0.162. The molecule has 0 atom stereocenters. The number of rotatable bonds is 8. The summed E-state index contributed by atoms with van der Waals surface area (Å²) in [5.41, 5.74) is 0. The Balaban J connectivity index is -0.0000000640. The van der Waals surface area contributed by atoms with Gasteiger partial charge in [-0.25, -0.2) is 0 Å². The van der Waals surface area contributed by atoms with Crippen molar-refractivity contribution in [2.75, 3.05) is 0 Å². The van der Waals surface area contributed by atoms with E-state index in [1.54, 1.807) is 0 Å². The summed E-state index contributed by atoms with van der Waals surface area (Å²) in [7, 11) is -35.8. The van der Waals surface area contributed by atoms with Gasteiger partial charge in [-0.3, -0.25) is 26.4 Å². The molecular formula is O20P6Zn5. The third kappa shape index (κ3) is 44.4. The van der Waals surface area contributed by atoms with Gasteiger partial charge in [-0.1, -0.05) is 0 Å². The first-order chi connectivity index (χ1) is 10.8. The first kappa shape index (κ1) is 51.6. The maximum Gasteiger partial charge on any atom is 2.00 e. The summed E-state index contributed by atoms with van der Waals surface area (Å²) in [6, 6.07) is 0. The van der Waals surface area contributed by atoms with E-state index >= 15 is 0 Å². The molecule has 31 heteroatoms. The average Bonchev–Trinajstić information content (AvgIpc) is 1.97. The van der Waals surface area contributed by atoms with Gasteiger partial charge in [-0.05, 0) is 0 Å². The Kier molecular flexibility index (Phi) is 31.7. The van der Waals surface area contributed by atoms with Crippen molar-refractivity contribution in [1.82, 2.24) is 0 Å². The molecule has 0 unspecified atom stereocenters. The van der Waals surface area contributed by atoms with Gasteiger partial charge < -0.3 is 67.2 Å². The van der Waals surface area contributed by atoms with E-state index in [2.05, 4.69) is 17.2 Å². The summed E-state index contributed by atoms with van der Waals surface area (Å²) in [6.45, 7) is 0. The van der Waals surface area contributed by atoms with Gasteiger partial charge >= 0.3 is 97.4 Å². The molecule has 0 amide bonds. The van der Waals surface area contributed by atoms with Crippen LogP contribution in [-0.4, -0.2) is 0 Å². The zero-order valence-electron chi connectivity index (χ0n) is 14.4. The van der Waals surface area contributed by atoms with Gasteiger partial charge in [-0.2, -0.15) is 0 Å². The summed E-state index contributed by atoms with van der Waals surface area (Å²) in [6.07, 6.45) is 0. The predicted octanol–water partition coefficient (Wildman–Crippen LogP) is -7.72. The normalized spacial score (nSPS) is 12.2. The fourth-order valence-corrected chi connectivity index (χ4v) is 5.21. The van der Waals surface area contributed by atoms with E-state index in [-0.39, 0.29) is 97.4 Å². The van der Waals surface area contributed by atoms with Crippen molar-refractivity contribution >= 4 is 46.9 Å².